The van der Waals surface area contributed by atoms with Crippen molar-refractivity contribution in [1.29, 1.82) is 0 Å². The summed E-state index contributed by atoms with van der Waals surface area (Å²) in [6.07, 6.45) is 2.05. The SMILES string of the molecule is CCCCN(CC)C(=O)c1ccc2c(c1)C(=O)c1ccccc1-2. The number of amides is 1. The molecule has 23 heavy (non-hydrogen) atoms. The van der Waals surface area contributed by atoms with Crippen LogP contribution in [0.25, 0.3) is 11.1 Å². The summed E-state index contributed by atoms with van der Waals surface area (Å²) in [6, 6.07) is 13.1. The van der Waals surface area contributed by atoms with Crippen LogP contribution in [-0.2, 0) is 0 Å². The van der Waals surface area contributed by atoms with Crippen molar-refractivity contribution in [2.45, 2.75) is 26.7 Å². The van der Waals surface area contributed by atoms with E-state index in [1.54, 1.807) is 6.07 Å². The van der Waals surface area contributed by atoms with Crippen molar-refractivity contribution in [3.05, 3.63) is 59.2 Å². The number of carbonyl (C=O) groups excluding carboxylic acids is 2. The first-order chi connectivity index (χ1) is 11.2. The lowest BCUT2D eigenvalue weighted by Gasteiger charge is -2.21. The average molecular weight is 307 g/mol. The predicted molar refractivity (Wildman–Crippen MR) is 91.8 cm³/mol. The Kier molecular flexibility index (Phi) is 4.28. The van der Waals surface area contributed by atoms with Gasteiger partial charge < -0.3 is 4.90 Å². The topological polar surface area (TPSA) is 37.4 Å². The first-order valence-corrected chi connectivity index (χ1v) is 8.24. The van der Waals surface area contributed by atoms with Crippen LogP contribution in [0.4, 0.5) is 0 Å². The summed E-state index contributed by atoms with van der Waals surface area (Å²) in [7, 11) is 0. The molecule has 0 heterocycles. The molecule has 2 aromatic carbocycles. The van der Waals surface area contributed by atoms with Gasteiger partial charge in [0.2, 0.25) is 0 Å². The minimum Gasteiger partial charge on any atom is -0.339 e. The van der Waals surface area contributed by atoms with Crippen LogP contribution in [0.5, 0.6) is 0 Å². The number of rotatable bonds is 5. The molecule has 0 spiro atoms. The summed E-state index contributed by atoms with van der Waals surface area (Å²) in [5.41, 5.74) is 3.86. The zero-order valence-corrected chi connectivity index (χ0v) is 13.6. The monoisotopic (exact) mass is 307 g/mol. The maximum absolute atomic E-state index is 12.7. The molecule has 1 aliphatic rings. The van der Waals surface area contributed by atoms with Gasteiger partial charge in [0.1, 0.15) is 0 Å². The summed E-state index contributed by atoms with van der Waals surface area (Å²) in [5.74, 6) is 0.0226. The lowest BCUT2D eigenvalue weighted by atomic mass is 10.0. The molecule has 0 unspecified atom stereocenters. The molecule has 0 radical (unpaired) electrons. The van der Waals surface area contributed by atoms with E-state index < -0.39 is 0 Å². The lowest BCUT2D eigenvalue weighted by Crippen LogP contribution is -2.31. The van der Waals surface area contributed by atoms with Crippen LogP contribution in [0, 0.1) is 0 Å². The third-order valence-electron chi connectivity index (χ3n) is 4.42. The van der Waals surface area contributed by atoms with Crippen LogP contribution >= 0.6 is 0 Å². The van der Waals surface area contributed by atoms with Crippen molar-refractivity contribution >= 4 is 11.7 Å². The zero-order chi connectivity index (χ0) is 16.4. The Morgan fingerprint density at radius 1 is 0.957 bits per heavy atom. The normalized spacial score (nSPS) is 12.0. The van der Waals surface area contributed by atoms with Crippen LogP contribution < -0.4 is 0 Å². The second kappa shape index (κ2) is 6.37. The first kappa shape index (κ1) is 15.5. The van der Waals surface area contributed by atoms with E-state index in [9.17, 15) is 9.59 Å². The van der Waals surface area contributed by atoms with E-state index in [4.69, 9.17) is 0 Å². The number of unbranched alkanes of at least 4 members (excludes halogenated alkanes) is 1. The Morgan fingerprint density at radius 2 is 1.65 bits per heavy atom. The minimum atomic E-state index is 0.00695. The van der Waals surface area contributed by atoms with Gasteiger partial charge in [-0.25, -0.2) is 0 Å². The molecule has 3 heteroatoms. The van der Waals surface area contributed by atoms with Gasteiger partial charge >= 0.3 is 0 Å². The van der Waals surface area contributed by atoms with E-state index in [1.165, 1.54) is 0 Å². The summed E-state index contributed by atoms with van der Waals surface area (Å²) in [6.45, 7) is 5.55. The highest BCUT2D eigenvalue weighted by atomic mass is 16.2. The first-order valence-electron chi connectivity index (χ1n) is 8.24. The molecule has 0 bridgehead atoms. The van der Waals surface area contributed by atoms with Gasteiger partial charge in [-0.15, -0.1) is 0 Å². The zero-order valence-electron chi connectivity index (χ0n) is 13.6. The highest BCUT2D eigenvalue weighted by Gasteiger charge is 2.27. The van der Waals surface area contributed by atoms with Crippen LogP contribution in [0.3, 0.4) is 0 Å². The Balaban J connectivity index is 1.94. The molecule has 3 nitrogen and oxygen atoms in total. The fraction of sp³-hybridized carbons (Fsp3) is 0.300. The number of hydrogen-bond acceptors (Lipinski definition) is 2. The molecule has 118 valence electrons. The van der Waals surface area contributed by atoms with Crippen molar-refractivity contribution < 1.29 is 9.59 Å². The molecule has 0 saturated heterocycles. The Labute approximate surface area is 136 Å². The molecule has 3 rings (SSSR count). The van der Waals surface area contributed by atoms with E-state index in [1.807, 2.05) is 48.2 Å². The van der Waals surface area contributed by atoms with Crippen molar-refractivity contribution in [3.8, 4) is 11.1 Å². The highest BCUT2D eigenvalue weighted by Crippen LogP contribution is 2.36. The highest BCUT2D eigenvalue weighted by molar-refractivity contribution is 6.22. The minimum absolute atomic E-state index is 0.00695. The molecule has 0 saturated carbocycles. The van der Waals surface area contributed by atoms with Crippen molar-refractivity contribution in [2.24, 2.45) is 0 Å². The quantitative estimate of drug-likeness (QED) is 0.710. The molecule has 2 aromatic rings. The molecule has 1 aliphatic carbocycles. The number of hydrogen-bond donors (Lipinski definition) is 0. The Hall–Kier alpha value is -2.42. The molecule has 0 atom stereocenters. The van der Waals surface area contributed by atoms with E-state index >= 15 is 0 Å². The van der Waals surface area contributed by atoms with E-state index in [-0.39, 0.29) is 11.7 Å². The van der Waals surface area contributed by atoms with Crippen molar-refractivity contribution in [2.75, 3.05) is 13.1 Å². The summed E-state index contributed by atoms with van der Waals surface area (Å²) in [5, 5.41) is 0. The van der Waals surface area contributed by atoms with Gasteiger partial charge in [0.25, 0.3) is 5.91 Å². The standard InChI is InChI=1S/C20H21NO2/c1-3-5-12-21(4-2)20(23)14-10-11-16-15-8-6-7-9-17(15)19(22)18(16)13-14/h6-11,13H,3-5,12H2,1-2H3. The van der Waals surface area contributed by atoms with Crippen molar-refractivity contribution in [1.82, 2.24) is 4.90 Å². The fourth-order valence-corrected chi connectivity index (χ4v) is 3.10. The molecule has 0 aliphatic heterocycles. The molecule has 0 N–H and O–H groups in total. The maximum atomic E-state index is 12.7. The third-order valence-corrected chi connectivity index (χ3v) is 4.42. The van der Waals surface area contributed by atoms with Gasteiger partial charge in [-0.05, 0) is 36.6 Å². The van der Waals surface area contributed by atoms with Crippen LogP contribution in [-0.4, -0.2) is 29.7 Å². The van der Waals surface area contributed by atoms with Gasteiger partial charge in [0.05, 0.1) is 0 Å². The summed E-state index contributed by atoms with van der Waals surface area (Å²) < 4.78 is 0. The molecular formula is C20H21NO2. The van der Waals surface area contributed by atoms with Gasteiger partial charge in [0, 0.05) is 29.8 Å². The van der Waals surface area contributed by atoms with Crippen molar-refractivity contribution in [3.63, 3.8) is 0 Å². The van der Waals surface area contributed by atoms with Gasteiger partial charge in [-0.3, -0.25) is 9.59 Å². The Bertz CT molecular complexity index is 764. The third kappa shape index (κ3) is 2.67. The lowest BCUT2D eigenvalue weighted by molar-refractivity contribution is 0.0762. The smallest absolute Gasteiger partial charge is 0.253 e. The van der Waals surface area contributed by atoms with Gasteiger partial charge in [-0.1, -0.05) is 43.7 Å². The summed E-state index contributed by atoms with van der Waals surface area (Å²) >= 11 is 0. The summed E-state index contributed by atoms with van der Waals surface area (Å²) in [4.78, 5) is 27.1. The number of nitrogens with zero attached hydrogens (tertiary/aromatic N) is 1. The second-order valence-corrected chi connectivity index (χ2v) is 5.87. The van der Waals surface area contributed by atoms with E-state index in [0.29, 0.717) is 17.7 Å². The van der Waals surface area contributed by atoms with E-state index in [0.717, 1.165) is 36.1 Å². The number of benzene rings is 2. The van der Waals surface area contributed by atoms with Crippen LogP contribution in [0.2, 0.25) is 0 Å². The van der Waals surface area contributed by atoms with Gasteiger partial charge in [0.15, 0.2) is 5.78 Å². The maximum Gasteiger partial charge on any atom is 0.253 e. The second-order valence-electron chi connectivity index (χ2n) is 5.87. The fourth-order valence-electron chi connectivity index (χ4n) is 3.10. The van der Waals surface area contributed by atoms with Crippen LogP contribution in [0.1, 0.15) is 53.0 Å². The van der Waals surface area contributed by atoms with Gasteiger partial charge in [-0.2, -0.15) is 0 Å². The largest absolute Gasteiger partial charge is 0.339 e. The van der Waals surface area contributed by atoms with E-state index in [2.05, 4.69) is 6.92 Å². The number of carbonyl (C=O) groups is 2. The number of ketones is 1. The Morgan fingerprint density at radius 3 is 2.35 bits per heavy atom. The average Bonchev–Trinajstić information content (AvgIpc) is 2.88. The molecular weight excluding hydrogens is 286 g/mol. The molecule has 0 fully saturated rings. The molecule has 1 amide bonds. The van der Waals surface area contributed by atoms with Crippen LogP contribution in [0.15, 0.2) is 42.5 Å². The molecule has 0 aromatic heterocycles. The predicted octanol–water partition coefficient (Wildman–Crippen LogP) is 4.16. The number of fused-ring (bicyclic) bond motifs is 3.